The van der Waals surface area contributed by atoms with Crippen molar-refractivity contribution in [2.24, 2.45) is 0 Å². The van der Waals surface area contributed by atoms with E-state index in [1.165, 1.54) is 0 Å². The van der Waals surface area contributed by atoms with Crippen molar-refractivity contribution in [3.05, 3.63) is 17.7 Å². The van der Waals surface area contributed by atoms with Crippen LogP contribution in [0.25, 0.3) is 0 Å². The lowest BCUT2D eigenvalue weighted by molar-refractivity contribution is 0.650. The minimum absolute atomic E-state index is 0.364. The summed E-state index contributed by atoms with van der Waals surface area (Å²) >= 11 is 0. The van der Waals surface area contributed by atoms with Gasteiger partial charge in [-0.3, -0.25) is 0 Å². The first-order valence-corrected chi connectivity index (χ1v) is 7.28. The molecule has 0 unspecified atom stereocenters. The lowest BCUT2D eigenvalue weighted by Crippen LogP contribution is -2.33. The van der Waals surface area contributed by atoms with E-state index in [2.05, 4.69) is 49.8 Å². The maximum atomic E-state index is 4.73. The lowest BCUT2D eigenvalue weighted by Gasteiger charge is -2.30. The molecule has 0 saturated heterocycles. The fourth-order valence-electron chi connectivity index (χ4n) is 2.14. The molecule has 1 heterocycles. The molecular weight excluding hydrogens is 236 g/mol. The summed E-state index contributed by atoms with van der Waals surface area (Å²) in [6.45, 7) is 12.7. The van der Waals surface area contributed by atoms with Gasteiger partial charge in [-0.2, -0.15) is 0 Å². The number of rotatable bonds is 7. The summed E-state index contributed by atoms with van der Waals surface area (Å²) in [5, 5.41) is 3.21. The van der Waals surface area contributed by atoms with Gasteiger partial charge in [0.1, 0.15) is 5.82 Å². The fraction of sp³-hybridized carbons (Fsp3) is 0.733. The minimum Gasteiger partial charge on any atom is -0.366 e. The second kappa shape index (κ2) is 7.43. The molecule has 0 fully saturated rings. The number of nitrogens with zero attached hydrogens (tertiary/aromatic N) is 3. The number of hydrogen-bond acceptors (Lipinski definition) is 4. The number of hydrogen-bond donors (Lipinski definition) is 1. The number of anilines is 1. The molecule has 0 aliphatic heterocycles. The van der Waals surface area contributed by atoms with E-state index in [0.29, 0.717) is 12.0 Å². The Kier molecular flexibility index (Phi) is 6.22. The van der Waals surface area contributed by atoms with E-state index in [0.717, 1.165) is 36.7 Å². The molecule has 0 aliphatic rings. The van der Waals surface area contributed by atoms with E-state index in [1.807, 2.05) is 13.2 Å². The Morgan fingerprint density at radius 2 is 1.95 bits per heavy atom. The topological polar surface area (TPSA) is 41.1 Å². The van der Waals surface area contributed by atoms with Crippen LogP contribution < -0.4 is 10.2 Å². The summed E-state index contributed by atoms with van der Waals surface area (Å²) in [6, 6.07) is 0.462. The molecule has 1 aromatic rings. The summed E-state index contributed by atoms with van der Waals surface area (Å²) in [5.41, 5.74) is 2.26. The summed E-state index contributed by atoms with van der Waals surface area (Å²) in [6.07, 6.45) is 3.12. The van der Waals surface area contributed by atoms with Gasteiger partial charge < -0.3 is 10.2 Å². The molecule has 0 atom stereocenters. The third-order valence-electron chi connectivity index (χ3n) is 3.12. The Morgan fingerprint density at radius 3 is 2.42 bits per heavy atom. The molecule has 4 heteroatoms. The molecule has 1 rings (SSSR count). The minimum atomic E-state index is 0.364. The smallest absolute Gasteiger partial charge is 0.131 e. The zero-order valence-electron chi connectivity index (χ0n) is 13.2. The van der Waals surface area contributed by atoms with E-state index in [-0.39, 0.29) is 0 Å². The van der Waals surface area contributed by atoms with Gasteiger partial charge in [0.05, 0.1) is 17.6 Å². The van der Waals surface area contributed by atoms with Gasteiger partial charge in [-0.05, 0) is 27.3 Å². The van der Waals surface area contributed by atoms with Crippen molar-refractivity contribution in [2.45, 2.75) is 59.5 Å². The second-order valence-corrected chi connectivity index (χ2v) is 5.53. The van der Waals surface area contributed by atoms with Gasteiger partial charge in [-0.1, -0.05) is 20.8 Å². The molecular formula is C15H28N4. The monoisotopic (exact) mass is 264 g/mol. The summed E-state index contributed by atoms with van der Waals surface area (Å²) in [4.78, 5) is 11.6. The molecule has 1 N–H and O–H groups in total. The van der Waals surface area contributed by atoms with Gasteiger partial charge in [-0.25, -0.2) is 9.97 Å². The maximum absolute atomic E-state index is 4.73. The predicted octanol–water partition coefficient (Wildman–Crippen LogP) is 2.94. The van der Waals surface area contributed by atoms with E-state index in [1.54, 1.807) is 0 Å². The van der Waals surface area contributed by atoms with Crippen LogP contribution >= 0.6 is 0 Å². The van der Waals surface area contributed by atoms with Crippen molar-refractivity contribution in [3.8, 4) is 0 Å². The molecule has 0 amide bonds. The normalized spacial score (nSPS) is 11.4. The van der Waals surface area contributed by atoms with Gasteiger partial charge >= 0.3 is 0 Å². The fourth-order valence-corrected chi connectivity index (χ4v) is 2.14. The first kappa shape index (κ1) is 15.9. The second-order valence-electron chi connectivity index (χ2n) is 5.53. The highest BCUT2D eigenvalue weighted by molar-refractivity contribution is 5.50. The zero-order valence-corrected chi connectivity index (χ0v) is 13.2. The van der Waals surface area contributed by atoms with Crippen molar-refractivity contribution >= 4 is 5.69 Å². The molecule has 0 radical (unpaired) electrons. The Morgan fingerprint density at radius 1 is 1.26 bits per heavy atom. The van der Waals surface area contributed by atoms with Gasteiger partial charge in [0.15, 0.2) is 0 Å². The highest BCUT2D eigenvalue weighted by atomic mass is 15.2. The standard InChI is InChI=1S/C15H28N4/c1-7-8-19(12(4)5)14-10-17-15(11(2)3)18-13(14)9-16-6/h10-12,16H,7-9H2,1-6H3. The number of nitrogens with one attached hydrogen (secondary N) is 1. The third-order valence-corrected chi connectivity index (χ3v) is 3.12. The summed E-state index contributed by atoms with van der Waals surface area (Å²) in [5.74, 6) is 1.29. The SMILES string of the molecule is CCCN(c1cnc(C(C)C)nc1CNC)C(C)C. The van der Waals surface area contributed by atoms with Crippen LogP contribution in [0.15, 0.2) is 6.20 Å². The van der Waals surface area contributed by atoms with Crippen LogP contribution in [0.3, 0.4) is 0 Å². The molecule has 108 valence electrons. The van der Waals surface area contributed by atoms with Crippen LogP contribution in [0, 0.1) is 0 Å². The van der Waals surface area contributed by atoms with Crippen molar-refractivity contribution < 1.29 is 0 Å². The summed E-state index contributed by atoms with van der Waals surface area (Å²) in [7, 11) is 1.96. The summed E-state index contributed by atoms with van der Waals surface area (Å²) < 4.78 is 0. The largest absolute Gasteiger partial charge is 0.366 e. The Hall–Kier alpha value is -1.16. The predicted molar refractivity (Wildman–Crippen MR) is 81.7 cm³/mol. The highest BCUT2D eigenvalue weighted by Gasteiger charge is 2.16. The average molecular weight is 264 g/mol. The quantitative estimate of drug-likeness (QED) is 0.822. The maximum Gasteiger partial charge on any atom is 0.131 e. The first-order valence-electron chi connectivity index (χ1n) is 7.28. The molecule has 0 aliphatic carbocycles. The molecule has 0 aromatic carbocycles. The van der Waals surface area contributed by atoms with E-state index in [4.69, 9.17) is 4.98 Å². The molecule has 4 nitrogen and oxygen atoms in total. The van der Waals surface area contributed by atoms with Crippen LogP contribution in [0.2, 0.25) is 0 Å². The molecule has 19 heavy (non-hydrogen) atoms. The molecule has 1 aromatic heterocycles. The van der Waals surface area contributed by atoms with Crippen molar-refractivity contribution in [1.29, 1.82) is 0 Å². The third kappa shape index (κ3) is 4.16. The van der Waals surface area contributed by atoms with Crippen LogP contribution in [-0.2, 0) is 6.54 Å². The molecule has 0 bridgehead atoms. The van der Waals surface area contributed by atoms with Gasteiger partial charge in [-0.15, -0.1) is 0 Å². The van der Waals surface area contributed by atoms with E-state index < -0.39 is 0 Å². The first-order chi connectivity index (χ1) is 9.01. The van der Waals surface area contributed by atoms with Crippen LogP contribution in [0.5, 0.6) is 0 Å². The van der Waals surface area contributed by atoms with Crippen LogP contribution in [0.1, 0.15) is 58.5 Å². The Labute approximate surface area is 117 Å². The van der Waals surface area contributed by atoms with Gasteiger partial charge in [0.2, 0.25) is 0 Å². The van der Waals surface area contributed by atoms with E-state index in [9.17, 15) is 0 Å². The average Bonchev–Trinajstić information content (AvgIpc) is 2.36. The Bertz CT molecular complexity index is 388. The highest BCUT2D eigenvalue weighted by Crippen LogP contribution is 2.22. The van der Waals surface area contributed by atoms with Gasteiger partial charge in [0, 0.05) is 25.0 Å². The lowest BCUT2D eigenvalue weighted by atomic mass is 10.2. The molecule has 0 spiro atoms. The van der Waals surface area contributed by atoms with Crippen molar-refractivity contribution in [2.75, 3.05) is 18.5 Å². The van der Waals surface area contributed by atoms with Crippen molar-refractivity contribution in [1.82, 2.24) is 15.3 Å². The zero-order chi connectivity index (χ0) is 14.4. The van der Waals surface area contributed by atoms with E-state index >= 15 is 0 Å². The Balaban J connectivity index is 3.16. The van der Waals surface area contributed by atoms with Crippen LogP contribution in [0.4, 0.5) is 5.69 Å². The number of aromatic nitrogens is 2. The van der Waals surface area contributed by atoms with Crippen LogP contribution in [-0.4, -0.2) is 29.6 Å². The van der Waals surface area contributed by atoms with Crippen molar-refractivity contribution in [3.63, 3.8) is 0 Å². The molecule has 0 saturated carbocycles. The van der Waals surface area contributed by atoms with Gasteiger partial charge in [0.25, 0.3) is 0 Å².